The molecule has 0 aliphatic heterocycles. The third kappa shape index (κ3) is 2.75. The Bertz CT molecular complexity index is 271. The van der Waals surface area contributed by atoms with E-state index in [0.29, 0.717) is 24.6 Å². The summed E-state index contributed by atoms with van der Waals surface area (Å²) in [5.41, 5.74) is 5.99. The maximum atomic E-state index is 10.1. The monoisotopic (exact) mass is 184 g/mol. The second kappa shape index (κ2) is 4.46. The molecule has 0 saturated carbocycles. The van der Waals surface area contributed by atoms with Crippen molar-refractivity contribution in [3.8, 4) is 5.88 Å². The molecule has 0 aromatic carbocycles. The van der Waals surface area contributed by atoms with Crippen molar-refractivity contribution in [2.75, 3.05) is 11.9 Å². The van der Waals surface area contributed by atoms with Crippen molar-refractivity contribution in [2.45, 2.75) is 13.0 Å². The first-order chi connectivity index (χ1) is 6.24. The van der Waals surface area contributed by atoms with Crippen LogP contribution < -0.4 is 15.8 Å². The van der Waals surface area contributed by atoms with Gasteiger partial charge in [0.05, 0.1) is 6.20 Å². The molecule has 4 N–H and O–H groups in total. The summed E-state index contributed by atoms with van der Waals surface area (Å²) in [6.45, 7) is 2.19. The van der Waals surface area contributed by atoms with Crippen molar-refractivity contribution in [1.29, 1.82) is 0 Å². The van der Waals surface area contributed by atoms with E-state index in [1.165, 1.54) is 6.20 Å². The molecule has 1 heterocycles. The number of aromatic amines is 1. The molecule has 1 amide bonds. The van der Waals surface area contributed by atoms with Crippen LogP contribution >= 0.6 is 0 Å². The van der Waals surface area contributed by atoms with Crippen molar-refractivity contribution in [3.05, 3.63) is 6.20 Å². The van der Waals surface area contributed by atoms with Gasteiger partial charge in [0, 0.05) is 6.04 Å². The minimum absolute atomic E-state index is 0.0626. The highest BCUT2D eigenvalue weighted by atomic mass is 16.5. The number of nitrogens with zero attached hydrogens (tertiary/aromatic N) is 1. The first kappa shape index (κ1) is 9.53. The van der Waals surface area contributed by atoms with Crippen LogP contribution in [0, 0.1) is 0 Å². The SMILES string of the molecule is CC(N)COc1[nH]ncc1NC=O. The minimum Gasteiger partial charge on any atom is -0.475 e. The van der Waals surface area contributed by atoms with E-state index in [0.717, 1.165) is 0 Å². The number of nitrogens with one attached hydrogen (secondary N) is 2. The lowest BCUT2D eigenvalue weighted by molar-refractivity contribution is -0.105. The molecule has 1 aromatic rings. The number of hydrogen-bond donors (Lipinski definition) is 3. The Morgan fingerprint density at radius 3 is 3.31 bits per heavy atom. The summed E-state index contributed by atoms with van der Waals surface area (Å²) in [5, 5.41) is 8.74. The summed E-state index contributed by atoms with van der Waals surface area (Å²) in [4.78, 5) is 10.1. The number of aromatic nitrogens is 2. The summed E-state index contributed by atoms with van der Waals surface area (Å²) in [7, 11) is 0. The molecule has 1 aromatic heterocycles. The van der Waals surface area contributed by atoms with Crippen LogP contribution in [0.5, 0.6) is 5.88 Å². The van der Waals surface area contributed by atoms with Gasteiger partial charge < -0.3 is 15.8 Å². The molecule has 0 spiro atoms. The molecule has 0 bridgehead atoms. The maximum absolute atomic E-state index is 10.1. The van der Waals surface area contributed by atoms with Crippen molar-refractivity contribution >= 4 is 12.1 Å². The number of carbonyl (C=O) groups is 1. The van der Waals surface area contributed by atoms with Gasteiger partial charge in [0.1, 0.15) is 12.3 Å². The zero-order valence-electron chi connectivity index (χ0n) is 7.28. The number of anilines is 1. The molecule has 0 aliphatic carbocycles. The number of amides is 1. The first-order valence-electron chi connectivity index (χ1n) is 3.86. The van der Waals surface area contributed by atoms with Gasteiger partial charge in [-0.25, -0.2) is 5.10 Å². The summed E-state index contributed by atoms with van der Waals surface area (Å²) in [6.07, 6.45) is 2.02. The minimum atomic E-state index is -0.0626. The molecule has 1 atom stereocenters. The number of rotatable bonds is 5. The summed E-state index contributed by atoms with van der Waals surface area (Å²) in [6, 6.07) is -0.0626. The molecule has 1 unspecified atom stereocenters. The van der Waals surface area contributed by atoms with Crippen LogP contribution in [0.1, 0.15) is 6.92 Å². The van der Waals surface area contributed by atoms with E-state index in [1.54, 1.807) is 0 Å². The molecular weight excluding hydrogens is 172 g/mol. The Hall–Kier alpha value is -1.56. The third-order valence-corrected chi connectivity index (χ3v) is 1.31. The Labute approximate surface area is 75.5 Å². The Kier molecular flexibility index (Phi) is 3.27. The fraction of sp³-hybridized carbons (Fsp3) is 0.429. The highest BCUT2D eigenvalue weighted by Gasteiger charge is 2.05. The summed E-state index contributed by atoms with van der Waals surface area (Å²) in [5.74, 6) is 0.421. The van der Waals surface area contributed by atoms with E-state index in [-0.39, 0.29) is 6.04 Å². The average molecular weight is 184 g/mol. The number of carbonyl (C=O) groups excluding carboxylic acids is 1. The van der Waals surface area contributed by atoms with Crippen molar-refractivity contribution in [1.82, 2.24) is 10.2 Å². The summed E-state index contributed by atoms with van der Waals surface area (Å²) < 4.78 is 5.23. The third-order valence-electron chi connectivity index (χ3n) is 1.31. The molecule has 1 rings (SSSR count). The Balaban J connectivity index is 2.54. The number of H-pyrrole nitrogens is 1. The lowest BCUT2D eigenvalue weighted by Crippen LogP contribution is -2.23. The van der Waals surface area contributed by atoms with Crippen molar-refractivity contribution in [3.63, 3.8) is 0 Å². The molecule has 13 heavy (non-hydrogen) atoms. The van der Waals surface area contributed by atoms with Gasteiger partial charge in [-0.3, -0.25) is 4.79 Å². The highest BCUT2D eigenvalue weighted by molar-refractivity contribution is 5.73. The van der Waals surface area contributed by atoms with E-state index >= 15 is 0 Å². The number of nitrogens with two attached hydrogens (primary N) is 1. The molecule has 0 saturated heterocycles. The Morgan fingerprint density at radius 2 is 2.69 bits per heavy atom. The molecule has 0 fully saturated rings. The van der Waals surface area contributed by atoms with Crippen LogP contribution in [-0.4, -0.2) is 29.3 Å². The molecule has 6 nitrogen and oxygen atoms in total. The van der Waals surface area contributed by atoms with Crippen LogP contribution in [0.15, 0.2) is 6.20 Å². The average Bonchev–Trinajstić information content (AvgIpc) is 2.49. The van der Waals surface area contributed by atoms with Gasteiger partial charge in [0.15, 0.2) is 0 Å². The smallest absolute Gasteiger partial charge is 0.233 e. The highest BCUT2D eigenvalue weighted by Crippen LogP contribution is 2.18. The van der Waals surface area contributed by atoms with E-state index in [2.05, 4.69) is 15.5 Å². The van der Waals surface area contributed by atoms with Crippen LogP contribution in [0.4, 0.5) is 5.69 Å². The molecule has 72 valence electrons. The van der Waals surface area contributed by atoms with E-state index in [9.17, 15) is 4.79 Å². The molecule has 6 heteroatoms. The van der Waals surface area contributed by atoms with Gasteiger partial charge in [-0.1, -0.05) is 0 Å². The van der Waals surface area contributed by atoms with Gasteiger partial charge >= 0.3 is 0 Å². The van der Waals surface area contributed by atoms with Crippen LogP contribution in [0.25, 0.3) is 0 Å². The maximum Gasteiger partial charge on any atom is 0.233 e. The number of ether oxygens (including phenoxy) is 1. The van der Waals surface area contributed by atoms with Crippen LogP contribution in [0.3, 0.4) is 0 Å². The topological polar surface area (TPSA) is 93.0 Å². The number of hydrogen-bond acceptors (Lipinski definition) is 4. The van der Waals surface area contributed by atoms with E-state index < -0.39 is 0 Å². The van der Waals surface area contributed by atoms with Gasteiger partial charge in [0.2, 0.25) is 12.3 Å². The second-order valence-corrected chi connectivity index (χ2v) is 2.66. The van der Waals surface area contributed by atoms with Crippen molar-refractivity contribution < 1.29 is 9.53 Å². The zero-order valence-corrected chi connectivity index (χ0v) is 7.28. The van der Waals surface area contributed by atoms with Gasteiger partial charge in [0.25, 0.3) is 0 Å². The molecule has 0 aliphatic rings. The second-order valence-electron chi connectivity index (χ2n) is 2.66. The van der Waals surface area contributed by atoms with Crippen molar-refractivity contribution in [2.24, 2.45) is 5.73 Å². The molecular formula is C7H12N4O2. The first-order valence-corrected chi connectivity index (χ1v) is 3.86. The van der Waals surface area contributed by atoms with E-state index in [4.69, 9.17) is 10.5 Å². The summed E-state index contributed by atoms with van der Waals surface area (Å²) >= 11 is 0. The van der Waals surface area contributed by atoms with Crippen LogP contribution in [-0.2, 0) is 4.79 Å². The van der Waals surface area contributed by atoms with Gasteiger partial charge in [-0.05, 0) is 6.92 Å². The Morgan fingerprint density at radius 1 is 1.92 bits per heavy atom. The molecule has 0 radical (unpaired) electrons. The predicted molar refractivity (Wildman–Crippen MR) is 47.4 cm³/mol. The van der Waals surface area contributed by atoms with E-state index in [1.807, 2.05) is 6.92 Å². The lowest BCUT2D eigenvalue weighted by Gasteiger charge is -2.07. The fourth-order valence-electron chi connectivity index (χ4n) is 0.765. The standard InChI is InChI=1S/C7H12N4O2/c1-5(8)3-13-7-6(9-4-12)2-10-11-7/h2,4-5H,3,8H2,1H3,(H,9,12)(H,10,11). The quantitative estimate of drug-likeness (QED) is 0.548. The zero-order chi connectivity index (χ0) is 9.68. The van der Waals surface area contributed by atoms with Gasteiger partial charge in [-0.15, -0.1) is 0 Å². The normalized spacial score (nSPS) is 12.2. The predicted octanol–water partition coefficient (Wildman–Crippen LogP) is -0.296. The fourth-order valence-corrected chi connectivity index (χ4v) is 0.765. The van der Waals surface area contributed by atoms with Crippen LogP contribution in [0.2, 0.25) is 0 Å². The van der Waals surface area contributed by atoms with Gasteiger partial charge in [-0.2, -0.15) is 5.10 Å². The lowest BCUT2D eigenvalue weighted by atomic mass is 10.4. The largest absolute Gasteiger partial charge is 0.475 e.